The number of ether oxygens (including phenoxy) is 1. The molecule has 0 amide bonds. The van der Waals surface area contributed by atoms with E-state index in [4.69, 9.17) is 17.0 Å². The van der Waals surface area contributed by atoms with E-state index in [0.29, 0.717) is 11.2 Å². The number of hydrogen-bond donors (Lipinski definition) is 1. The Kier molecular flexibility index (Phi) is 4.85. The molecule has 0 atom stereocenters. The summed E-state index contributed by atoms with van der Waals surface area (Å²) in [6.45, 7) is 1.22. The smallest absolute Gasteiger partial charge is 0.144 e. The van der Waals surface area contributed by atoms with Crippen molar-refractivity contribution in [3.05, 3.63) is 20.6 Å². The summed E-state index contributed by atoms with van der Waals surface area (Å²) >= 11 is 8.53. The second-order valence-electron chi connectivity index (χ2n) is 3.45. The maximum atomic E-state index is 5.14. The van der Waals surface area contributed by atoms with Crippen molar-refractivity contribution in [3.8, 4) is 0 Å². The van der Waals surface area contributed by atoms with E-state index in [1.807, 2.05) is 19.0 Å². The van der Waals surface area contributed by atoms with Crippen molar-refractivity contribution in [1.82, 2.24) is 14.9 Å². The van der Waals surface area contributed by atoms with Crippen LogP contribution in [0.15, 0.2) is 4.47 Å². The van der Waals surface area contributed by atoms with Gasteiger partial charge in [0.25, 0.3) is 0 Å². The van der Waals surface area contributed by atoms with Crippen molar-refractivity contribution in [2.75, 3.05) is 21.2 Å². The number of aromatic nitrogens is 2. The Bertz CT molecular complexity index is 391. The van der Waals surface area contributed by atoms with Crippen LogP contribution < -0.4 is 0 Å². The molecule has 0 aliphatic rings. The molecule has 4 nitrogen and oxygen atoms in total. The highest BCUT2D eigenvalue weighted by Gasteiger charge is 2.06. The second-order valence-corrected chi connectivity index (χ2v) is 4.63. The van der Waals surface area contributed by atoms with Gasteiger partial charge in [-0.3, -0.25) is 0 Å². The number of methoxy groups -OCH3 is 1. The molecule has 1 heterocycles. The van der Waals surface area contributed by atoms with Gasteiger partial charge >= 0.3 is 0 Å². The minimum atomic E-state index is 0.493. The van der Waals surface area contributed by atoms with Crippen molar-refractivity contribution in [2.24, 2.45) is 0 Å². The highest BCUT2D eigenvalue weighted by molar-refractivity contribution is 9.10. The van der Waals surface area contributed by atoms with Crippen LogP contribution in [-0.4, -0.2) is 36.1 Å². The topological polar surface area (TPSA) is 41.1 Å². The highest BCUT2D eigenvalue weighted by atomic mass is 79.9. The number of nitrogens with zero attached hydrogens (tertiary/aromatic N) is 2. The predicted octanol–water partition coefficient (Wildman–Crippen LogP) is 2.11. The largest absolute Gasteiger partial charge is 0.378 e. The molecule has 1 aromatic rings. The zero-order valence-electron chi connectivity index (χ0n) is 9.00. The van der Waals surface area contributed by atoms with Crippen LogP contribution in [0.2, 0.25) is 0 Å². The third-order valence-corrected chi connectivity index (χ3v) is 3.15. The average Bonchev–Trinajstić information content (AvgIpc) is 2.12. The summed E-state index contributed by atoms with van der Waals surface area (Å²) in [5, 5.41) is 0. The van der Waals surface area contributed by atoms with Gasteiger partial charge in [-0.1, -0.05) is 12.2 Å². The molecule has 0 unspecified atom stereocenters. The van der Waals surface area contributed by atoms with Crippen molar-refractivity contribution >= 4 is 28.1 Å². The van der Waals surface area contributed by atoms with Crippen molar-refractivity contribution < 1.29 is 4.74 Å². The SMILES string of the molecule is COCc1[nH]c(CN(C)C)nc(=S)c1Br. The molecule has 6 heteroatoms. The van der Waals surface area contributed by atoms with E-state index >= 15 is 0 Å². The van der Waals surface area contributed by atoms with Gasteiger partial charge in [-0.25, -0.2) is 4.98 Å². The minimum Gasteiger partial charge on any atom is -0.378 e. The summed E-state index contributed by atoms with van der Waals surface area (Å²) in [4.78, 5) is 9.49. The molecule has 0 aliphatic heterocycles. The zero-order chi connectivity index (χ0) is 11.4. The third-order valence-electron chi connectivity index (χ3n) is 1.74. The van der Waals surface area contributed by atoms with Gasteiger partial charge in [0.05, 0.1) is 23.3 Å². The molecule has 0 radical (unpaired) electrons. The van der Waals surface area contributed by atoms with E-state index in [-0.39, 0.29) is 0 Å². The van der Waals surface area contributed by atoms with E-state index in [9.17, 15) is 0 Å². The predicted molar refractivity (Wildman–Crippen MR) is 65.2 cm³/mol. The third kappa shape index (κ3) is 3.64. The summed E-state index contributed by atoms with van der Waals surface area (Å²) in [6.07, 6.45) is 0. The van der Waals surface area contributed by atoms with Gasteiger partial charge in [0, 0.05) is 7.11 Å². The molecule has 0 fully saturated rings. The lowest BCUT2D eigenvalue weighted by Crippen LogP contribution is -2.14. The maximum Gasteiger partial charge on any atom is 0.144 e. The number of nitrogens with one attached hydrogen (secondary N) is 1. The van der Waals surface area contributed by atoms with Crippen LogP contribution in [0.4, 0.5) is 0 Å². The Morgan fingerprint density at radius 1 is 1.53 bits per heavy atom. The molecule has 0 bridgehead atoms. The molecule has 84 valence electrons. The standard InChI is InChI=1S/C9H14BrN3OS/c1-13(2)4-7-11-6(5-14-3)8(10)9(15)12-7/h4-5H2,1-3H3,(H,11,12,15). The summed E-state index contributed by atoms with van der Waals surface area (Å²) in [5.74, 6) is 0.847. The highest BCUT2D eigenvalue weighted by Crippen LogP contribution is 2.16. The van der Waals surface area contributed by atoms with Crippen LogP contribution in [0.3, 0.4) is 0 Å². The lowest BCUT2D eigenvalue weighted by Gasteiger charge is -2.11. The number of aromatic amines is 1. The number of halogens is 1. The van der Waals surface area contributed by atoms with Gasteiger partial charge in [-0.15, -0.1) is 0 Å². The first kappa shape index (κ1) is 12.8. The molecule has 1 rings (SSSR count). The van der Waals surface area contributed by atoms with E-state index < -0.39 is 0 Å². The van der Waals surface area contributed by atoms with Gasteiger partial charge in [0.15, 0.2) is 0 Å². The van der Waals surface area contributed by atoms with E-state index in [2.05, 4.69) is 25.9 Å². The van der Waals surface area contributed by atoms with Gasteiger partial charge in [-0.2, -0.15) is 0 Å². The number of hydrogen-bond acceptors (Lipinski definition) is 4. The quantitative estimate of drug-likeness (QED) is 0.863. The van der Waals surface area contributed by atoms with Crippen molar-refractivity contribution in [2.45, 2.75) is 13.2 Å². The molecule has 0 spiro atoms. The summed E-state index contributed by atoms with van der Waals surface area (Å²) in [6, 6.07) is 0. The lowest BCUT2D eigenvalue weighted by atomic mass is 10.4. The monoisotopic (exact) mass is 291 g/mol. The van der Waals surface area contributed by atoms with Crippen LogP contribution in [0.25, 0.3) is 0 Å². The van der Waals surface area contributed by atoms with Crippen molar-refractivity contribution in [3.63, 3.8) is 0 Å². The fourth-order valence-electron chi connectivity index (χ4n) is 1.18. The van der Waals surface area contributed by atoms with Gasteiger partial charge in [-0.05, 0) is 30.0 Å². The Morgan fingerprint density at radius 2 is 2.20 bits per heavy atom. The molecular formula is C9H14BrN3OS. The molecule has 15 heavy (non-hydrogen) atoms. The fourth-order valence-corrected chi connectivity index (χ4v) is 1.71. The Balaban J connectivity index is 3.06. The summed E-state index contributed by atoms with van der Waals surface area (Å²) < 4.78 is 6.45. The van der Waals surface area contributed by atoms with Crippen LogP contribution >= 0.6 is 28.1 Å². The fraction of sp³-hybridized carbons (Fsp3) is 0.556. The Labute approximate surface area is 103 Å². The first-order chi connectivity index (χ1) is 7.04. The first-order valence-corrected chi connectivity index (χ1v) is 5.66. The van der Waals surface area contributed by atoms with Crippen LogP contribution in [0.1, 0.15) is 11.5 Å². The van der Waals surface area contributed by atoms with Crippen molar-refractivity contribution in [1.29, 1.82) is 0 Å². The molecular weight excluding hydrogens is 278 g/mol. The second kappa shape index (κ2) is 5.69. The molecule has 1 aromatic heterocycles. The van der Waals surface area contributed by atoms with Crippen LogP contribution in [0, 0.1) is 4.64 Å². The minimum absolute atomic E-state index is 0.493. The summed E-state index contributed by atoms with van der Waals surface area (Å²) in [7, 11) is 5.61. The van der Waals surface area contributed by atoms with Gasteiger partial charge in [0.1, 0.15) is 10.5 Å². The Morgan fingerprint density at radius 3 is 2.73 bits per heavy atom. The van der Waals surface area contributed by atoms with Crippen LogP contribution in [0.5, 0.6) is 0 Å². The van der Waals surface area contributed by atoms with Gasteiger partial charge in [0.2, 0.25) is 0 Å². The number of rotatable bonds is 4. The molecule has 0 aromatic carbocycles. The van der Waals surface area contributed by atoms with Gasteiger partial charge < -0.3 is 14.6 Å². The first-order valence-electron chi connectivity index (χ1n) is 4.46. The molecule has 0 saturated heterocycles. The molecule has 0 saturated carbocycles. The van der Waals surface area contributed by atoms with E-state index in [1.165, 1.54) is 0 Å². The van der Waals surface area contributed by atoms with E-state index in [1.54, 1.807) is 7.11 Å². The summed E-state index contributed by atoms with van der Waals surface area (Å²) in [5.41, 5.74) is 0.925. The zero-order valence-corrected chi connectivity index (χ0v) is 11.4. The Hall–Kier alpha value is -0.300. The maximum absolute atomic E-state index is 5.14. The molecule has 1 N–H and O–H groups in total. The lowest BCUT2D eigenvalue weighted by molar-refractivity contribution is 0.180. The average molecular weight is 292 g/mol. The molecule has 0 aliphatic carbocycles. The van der Waals surface area contributed by atoms with E-state index in [0.717, 1.165) is 22.5 Å². The normalized spacial score (nSPS) is 11.0. The van der Waals surface area contributed by atoms with Crippen LogP contribution in [-0.2, 0) is 17.9 Å². The number of H-pyrrole nitrogens is 1.